The fraction of sp³-hybridized carbons (Fsp3) is 0.440. The highest BCUT2D eigenvalue weighted by atomic mass is 19.1. The summed E-state index contributed by atoms with van der Waals surface area (Å²) in [5.74, 6) is -0.878. The maximum atomic E-state index is 14.5. The summed E-state index contributed by atoms with van der Waals surface area (Å²) in [7, 11) is 1.51. The number of carbonyl (C=O) groups excluding carboxylic acids is 2. The van der Waals surface area contributed by atoms with Crippen LogP contribution in [0.4, 0.5) is 8.78 Å². The number of amides is 2. The third-order valence-electron chi connectivity index (χ3n) is 7.07. The Balaban J connectivity index is 1.37. The summed E-state index contributed by atoms with van der Waals surface area (Å²) in [5.41, 5.74) is 0.824. The van der Waals surface area contributed by atoms with Crippen molar-refractivity contribution in [2.45, 2.75) is 43.9 Å². The van der Waals surface area contributed by atoms with E-state index < -0.39 is 17.2 Å². The molecule has 0 saturated carbocycles. The van der Waals surface area contributed by atoms with Crippen molar-refractivity contribution in [1.29, 1.82) is 0 Å². The molecule has 1 unspecified atom stereocenters. The van der Waals surface area contributed by atoms with Gasteiger partial charge in [0, 0.05) is 37.5 Å². The number of hydrogen-bond acceptors (Lipinski definition) is 6. The maximum Gasteiger partial charge on any atom is 0.255 e. The molecule has 0 bridgehead atoms. The summed E-state index contributed by atoms with van der Waals surface area (Å²) < 4.78 is 28.4. The van der Waals surface area contributed by atoms with Gasteiger partial charge in [0.2, 0.25) is 5.91 Å². The summed E-state index contributed by atoms with van der Waals surface area (Å²) >= 11 is 0. The van der Waals surface area contributed by atoms with Crippen LogP contribution >= 0.6 is 0 Å². The van der Waals surface area contributed by atoms with Gasteiger partial charge in [0.25, 0.3) is 5.91 Å². The standard InChI is InChI=1S/C25H27F2N5O3/c1-28-22(33)11-25(35)6-8-31(14-25)24(34)15-9-18-20(29-12-15)13-30-23(18)32-7-2-3-21(32)17-10-16(26)4-5-19(17)27/h4-5,9-10,12,21,35H,2-3,6-8,11,13-14H2,1H3,(H,28,33)/t21-,25?/m1/s1. The van der Waals surface area contributed by atoms with Crippen LogP contribution in [0.1, 0.15) is 58.9 Å². The van der Waals surface area contributed by atoms with Crippen LogP contribution in [0.25, 0.3) is 0 Å². The third kappa shape index (κ3) is 4.38. The lowest BCUT2D eigenvalue weighted by Gasteiger charge is -2.28. The van der Waals surface area contributed by atoms with Gasteiger partial charge < -0.3 is 20.2 Å². The van der Waals surface area contributed by atoms with E-state index in [9.17, 15) is 23.5 Å². The van der Waals surface area contributed by atoms with Gasteiger partial charge in [-0.25, -0.2) is 8.78 Å². The zero-order valence-corrected chi connectivity index (χ0v) is 19.4. The minimum atomic E-state index is -1.26. The second kappa shape index (κ2) is 8.99. The van der Waals surface area contributed by atoms with Gasteiger partial charge in [-0.05, 0) is 43.5 Å². The predicted octanol–water partition coefficient (Wildman–Crippen LogP) is 2.17. The van der Waals surface area contributed by atoms with E-state index in [0.717, 1.165) is 24.2 Å². The molecule has 1 aromatic heterocycles. The number of hydrogen-bond donors (Lipinski definition) is 2. The Labute approximate surface area is 201 Å². The Morgan fingerprint density at radius 3 is 2.89 bits per heavy atom. The normalized spacial score (nSPS) is 23.4. The summed E-state index contributed by atoms with van der Waals surface area (Å²) in [4.78, 5) is 37.5. The van der Waals surface area contributed by atoms with Gasteiger partial charge in [0.05, 0.1) is 42.4 Å². The van der Waals surface area contributed by atoms with Crippen LogP contribution in [0.15, 0.2) is 35.5 Å². The molecule has 2 amide bonds. The molecule has 0 spiro atoms. The molecule has 4 heterocycles. The van der Waals surface area contributed by atoms with Gasteiger partial charge in [0.1, 0.15) is 17.5 Å². The van der Waals surface area contributed by atoms with E-state index in [1.807, 2.05) is 4.90 Å². The lowest BCUT2D eigenvalue weighted by atomic mass is 9.98. The molecule has 3 aliphatic rings. The highest BCUT2D eigenvalue weighted by Crippen LogP contribution is 2.37. The zero-order chi connectivity index (χ0) is 24.7. The molecule has 2 aromatic rings. The molecule has 184 valence electrons. The number of pyridine rings is 1. The molecule has 1 aromatic carbocycles. The summed E-state index contributed by atoms with van der Waals surface area (Å²) in [6, 6.07) is 4.87. The molecule has 3 aliphatic heterocycles. The number of halogens is 2. The number of carbonyl (C=O) groups is 2. The molecule has 2 atom stereocenters. The Kier molecular flexibility index (Phi) is 6.00. The molecule has 10 heteroatoms. The van der Waals surface area contributed by atoms with Crippen LogP contribution in [-0.2, 0) is 11.3 Å². The minimum Gasteiger partial charge on any atom is -0.387 e. The number of nitrogens with one attached hydrogen (secondary N) is 1. The molecule has 2 N–H and O–H groups in total. The highest BCUT2D eigenvalue weighted by molar-refractivity contribution is 6.04. The number of aromatic nitrogens is 1. The minimum absolute atomic E-state index is 0.0599. The number of β-amino-alcohol motifs (C(OH)–C–C–N with tert-alkyl or cyclic N) is 1. The van der Waals surface area contributed by atoms with E-state index in [0.29, 0.717) is 55.0 Å². The van der Waals surface area contributed by atoms with Crippen molar-refractivity contribution in [2.24, 2.45) is 4.99 Å². The van der Waals surface area contributed by atoms with Crippen molar-refractivity contribution < 1.29 is 23.5 Å². The second-order valence-electron chi connectivity index (χ2n) is 9.43. The van der Waals surface area contributed by atoms with E-state index >= 15 is 0 Å². The number of amidine groups is 1. The van der Waals surface area contributed by atoms with Crippen LogP contribution in [0.5, 0.6) is 0 Å². The van der Waals surface area contributed by atoms with Gasteiger partial charge in [-0.1, -0.05) is 0 Å². The Morgan fingerprint density at radius 2 is 2.09 bits per heavy atom. The fourth-order valence-electron chi connectivity index (χ4n) is 5.27. The summed E-state index contributed by atoms with van der Waals surface area (Å²) in [6.07, 6.45) is 3.21. The van der Waals surface area contributed by atoms with Crippen molar-refractivity contribution in [3.63, 3.8) is 0 Å². The number of benzene rings is 1. The number of fused-ring (bicyclic) bond motifs is 1. The van der Waals surface area contributed by atoms with Gasteiger partial charge >= 0.3 is 0 Å². The number of aliphatic imine (C=N–C) groups is 1. The second-order valence-corrected chi connectivity index (χ2v) is 9.43. The van der Waals surface area contributed by atoms with Crippen molar-refractivity contribution >= 4 is 17.6 Å². The lowest BCUT2D eigenvalue weighted by Crippen LogP contribution is -2.40. The summed E-state index contributed by atoms with van der Waals surface area (Å²) in [5, 5.41) is 13.2. The first-order valence-corrected chi connectivity index (χ1v) is 11.8. The number of rotatable bonds is 4. The number of aliphatic hydroxyl groups is 1. The fourth-order valence-corrected chi connectivity index (χ4v) is 5.27. The topological polar surface area (TPSA) is 98.1 Å². The van der Waals surface area contributed by atoms with Crippen LogP contribution < -0.4 is 5.32 Å². The van der Waals surface area contributed by atoms with Crippen molar-refractivity contribution in [3.8, 4) is 0 Å². The van der Waals surface area contributed by atoms with Crippen molar-refractivity contribution in [3.05, 3.63) is 64.5 Å². The smallest absolute Gasteiger partial charge is 0.255 e. The summed E-state index contributed by atoms with van der Waals surface area (Å²) in [6.45, 7) is 1.38. The van der Waals surface area contributed by atoms with E-state index in [2.05, 4.69) is 15.3 Å². The van der Waals surface area contributed by atoms with Crippen LogP contribution in [0.2, 0.25) is 0 Å². The molecule has 0 radical (unpaired) electrons. The number of nitrogens with zero attached hydrogens (tertiary/aromatic N) is 4. The van der Waals surface area contributed by atoms with E-state index in [1.165, 1.54) is 24.2 Å². The molecular formula is C25H27F2N5O3. The lowest BCUT2D eigenvalue weighted by molar-refractivity contribution is -0.125. The van der Waals surface area contributed by atoms with Crippen LogP contribution in [0.3, 0.4) is 0 Å². The molecule has 2 fully saturated rings. The average Bonchev–Trinajstić information content (AvgIpc) is 3.57. The first kappa shape index (κ1) is 23.3. The van der Waals surface area contributed by atoms with Crippen molar-refractivity contribution in [1.82, 2.24) is 20.1 Å². The molecular weight excluding hydrogens is 456 g/mol. The maximum absolute atomic E-state index is 14.5. The molecule has 8 nitrogen and oxygen atoms in total. The number of likely N-dealkylation sites (tertiary alicyclic amines) is 2. The predicted molar refractivity (Wildman–Crippen MR) is 124 cm³/mol. The SMILES string of the molecule is CNC(=O)CC1(O)CCN(C(=O)c2cnc3c(c2)C(N2CCC[C@@H]2c2cc(F)ccc2F)=NC3)C1. The van der Waals surface area contributed by atoms with E-state index in [1.54, 1.807) is 6.07 Å². The van der Waals surface area contributed by atoms with Crippen molar-refractivity contribution in [2.75, 3.05) is 26.7 Å². The first-order chi connectivity index (χ1) is 16.8. The quantitative estimate of drug-likeness (QED) is 0.695. The van der Waals surface area contributed by atoms with Crippen LogP contribution in [-0.4, -0.2) is 69.8 Å². The zero-order valence-electron chi connectivity index (χ0n) is 19.4. The molecule has 35 heavy (non-hydrogen) atoms. The van der Waals surface area contributed by atoms with Gasteiger partial charge in [0.15, 0.2) is 0 Å². The first-order valence-electron chi connectivity index (χ1n) is 11.8. The van der Waals surface area contributed by atoms with Gasteiger partial charge in [-0.3, -0.25) is 19.6 Å². The van der Waals surface area contributed by atoms with Gasteiger partial charge in [-0.15, -0.1) is 0 Å². The molecule has 2 saturated heterocycles. The monoisotopic (exact) mass is 483 g/mol. The average molecular weight is 484 g/mol. The Morgan fingerprint density at radius 1 is 1.26 bits per heavy atom. The largest absolute Gasteiger partial charge is 0.387 e. The van der Waals surface area contributed by atoms with E-state index in [4.69, 9.17) is 0 Å². The third-order valence-corrected chi connectivity index (χ3v) is 7.07. The Bertz CT molecular complexity index is 1220. The molecule has 5 rings (SSSR count). The highest BCUT2D eigenvalue weighted by Gasteiger charge is 2.40. The van der Waals surface area contributed by atoms with Crippen LogP contribution in [0, 0.1) is 11.6 Å². The molecule has 0 aliphatic carbocycles. The Hall–Kier alpha value is -3.40. The van der Waals surface area contributed by atoms with E-state index in [-0.39, 0.29) is 30.8 Å². The van der Waals surface area contributed by atoms with Gasteiger partial charge in [-0.2, -0.15) is 0 Å².